The zero-order valence-electron chi connectivity index (χ0n) is 12.8. The minimum absolute atomic E-state index is 0.218. The van der Waals surface area contributed by atoms with Gasteiger partial charge in [0, 0.05) is 12.1 Å². The minimum atomic E-state index is -1.39. The molecule has 0 aromatic rings. The van der Waals surface area contributed by atoms with Gasteiger partial charge < -0.3 is 52.2 Å². The molecule has 10 heteroatoms. The maximum atomic E-state index is 10.1. The van der Waals surface area contributed by atoms with Crippen LogP contribution in [0.15, 0.2) is 0 Å². The number of hydrogen-bond donors (Lipinski definition) is 8. The lowest BCUT2D eigenvalue weighted by atomic mass is 9.84. The highest BCUT2D eigenvalue weighted by molar-refractivity contribution is 4.99. The van der Waals surface area contributed by atoms with E-state index >= 15 is 0 Å². The van der Waals surface area contributed by atoms with Crippen molar-refractivity contribution in [3.8, 4) is 0 Å². The van der Waals surface area contributed by atoms with E-state index in [4.69, 9.17) is 26.7 Å². The lowest BCUT2D eigenvalue weighted by Crippen LogP contribution is -2.67. The Labute approximate surface area is 133 Å². The van der Waals surface area contributed by atoms with Crippen molar-refractivity contribution >= 4 is 0 Å². The fraction of sp³-hybridized carbons (Fsp3) is 1.00. The molecule has 136 valence electrons. The summed E-state index contributed by atoms with van der Waals surface area (Å²) in [5, 5.41) is 49.4. The number of aliphatic hydroxyl groups excluding tert-OH is 5. The molecule has 11 N–H and O–H groups in total. The van der Waals surface area contributed by atoms with Gasteiger partial charge in [-0.15, -0.1) is 0 Å². The first kappa shape index (κ1) is 18.9. The predicted molar refractivity (Wildman–Crippen MR) is 77.8 cm³/mol. The highest BCUT2D eigenvalue weighted by Gasteiger charge is 2.49. The van der Waals surface area contributed by atoms with Gasteiger partial charge in [-0.1, -0.05) is 0 Å². The number of ether oxygens (including phenoxy) is 2. The van der Waals surface area contributed by atoms with E-state index < -0.39 is 67.1 Å². The molecular weight excluding hydrogens is 310 g/mol. The van der Waals surface area contributed by atoms with Gasteiger partial charge in [-0.25, -0.2) is 0 Å². The van der Waals surface area contributed by atoms with Crippen LogP contribution in [0, 0.1) is 0 Å². The maximum Gasteiger partial charge on any atom is 0.176 e. The molecular formula is C13H27N3O7. The van der Waals surface area contributed by atoms with Gasteiger partial charge >= 0.3 is 0 Å². The summed E-state index contributed by atoms with van der Waals surface area (Å²) in [6.07, 6.45) is -9.55. The normalized spacial score (nSPS) is 53.1. The van der Waals surface area contributed by atoms with Gasteiger partial charge in [0.15, 0.2) is 6.29 Å². The van der Waals surface area contributed by atoms with Crippen molar-refractivity contribution < 1.29 is 35.0 Å². The second kappa shape index (κ2) is 7.23. The van der Waals surface area contributed by atoms with Crippen molar-refractivity contribution in [1.82, 2.24) is 0 Å². The molecule has 0 amide bonds. The first-order chi connectivity index (χ1) is 10.6. The van der Waals surface area contributed by atoms with Gasteiger partial charge in [0.05, 0.1) is 18.2 Å². The Hall–Kier alpha value is -0.400. The SMILES string of the molecule is C[C@@H](O)[C@H]1O[C@H](O[C@H]2[C@H](O)[C@@H](O)[C@H](N)C[C@@H]2N)[C@H](N)[C@@H](O)[C@@H]1O. The summed E-state index contributed by atoms with van der Waals surface area (Å²) in [5.74, 6) is 0. The van der Waals surface area contributed by atoms with Crippen LogP contribution < -0.4 is 17.2 Å². The highest BCUT2D eigenvalue weighted by atomic mass is 16.7. The van der Waals surface area contributed by atoms with Gasteiger partial charge in [0.2, 0.25) is 0 Å². The van der Waals surface area contributed by atoms with Gasteiger partial charge in [0.25, 0.3) is 0 Å². The monoisotopic (exact) mass is 337 g/mol. The molecule has 1 aliphatic carbocycles. The Morgan fingerprint density at radius 2 is 1.57 bits per heavy atom. The molecule has 1 saturated heterocycles. The molecule has 1 aliphatic heterocycles. The van der Waals surface area contributed by atoms with Crippen molar-refractivity contribution in [3.05, 3.63) is 0 Å². The van der Waals surface area contributed by atoms with E-state index in [1.807, 2.05) is 0 Å². The zero-order chi connectivity index (χ0) is 17.5. The smallest absolute Gasteiger partial charge is 0.176 e. The van der Waals surface area contributed by atoms with E-state index in [-0.39, 0.29) is 6.42 Å². The molecule has 1 saturated carbocycles. The Morgan fingerprint density at radius 1 is 0.957 bits per heavy atom. The van der Waals surface area contributed by atoms with Gasteiger partial charge in [-0.05, 0) is 13.3 Å². The van der Waals surface area contributed by atoms with Crippen molar-refractivity contribution in [3.63, 3.8) is 0 Å². The lowest BCUT2D eigenvalue weighted by molar-refractivity contribution is -0.301. The van der Waals surface area contributed by atoms with Crippen molar-refractivity contribution in [2.24, 2.45) is 17.2 Å². The van der Waals surface area contributed by atoms with E-state index in [9.17, 15) is 25.5 Å². The average Bonchev–Trinajstić information content (AvgIpc) is 2.48. The summed E-state index contributed by atoms with van der Waals surface area (Å²) in [4.78, 5) is 0. The van der Waals surface area contributed by atoms with Gasteiger partial charge in [-0.3, -0.25) is 0 Å². The number of nitrogens with two attached hydrogens (primary N) is 3. The van der Waals surface area contributed by atoms with Crippen LogP contribution in [0.3, 0.4) is 0 Å². The largest absolute Gasteiger partial charge is 0.391 e. The quantitative estimate of drug-likeness (QED) is 0.247. The topological polar surface area (TPSA) is 198 Å². The Kier molecular flexibility index (Phi) is 5.95. The molecule has 0 bridgehead atoms. The summed E-state index contributed by atoms with van der Waals surface area (Å²) in [6.45, 7) is 1.39. The summed E-state index contributed by atoms with van der Waals surface area (Å²) in [6, 6.07) is -2.47. The molecule has 0 aromatic carbocycles. The molecule has 2 fully saturated rings. The van der Waals surface area contributed by atoms with Crippen molar-refractivity contribution in [2.45, 2.75) is 80.5 Å². The molecule has 0 aromatic heterocycles. The molecule has 2 aliphatic rings. The standard InChI is InChI=1S/C13H27N3O7/c1-3(17)11-10(21)8(19)6(16)13(22-11)23-12-5(15)2-4(14)7(18)9(12)20/h3-13,17-21H,2,14-16H2,1H3/t3-,4-,5+,6-,7+,8-,9-,10+,11-,12-,13-/m1/s1. The molecule has 2 rings (SSSR count). The van der Waals surface area contributed by atoms with Crippen LogP contribution in [-0.2, 0) is 9.47 Å². The number of aliphatic hydroxyl groups is 5. The highest BCUT2D eigenvalue weighted by Crippen LogP contribution is 2.28. The molecule has 1 heterocycles. The molecule has 0 spiro atoms. The third kappa shape index (κ3) is 3.66. The van der Waals surface area contributed by atoms with Crippen molar-refractivity contribution in [2.75, 3.05) is 0 Å². The molecule has 10 nitrogen and oxygen atoms in total. The average molecular weight is 337 g/mol. The molecule has 11 atom stereocenters. The van der Waals surface area contributed by atoms with Crippen LogP contribution >= 0.6 is 0 Å². The Balaban J connectivity index is 2.11. The minimum Gasteiger partial charge on any atom is -0.391 e. The summed E-state index contributed by atoms with van der Waals surface area (Å²) in [7, 11) is 0. The van der Waals surface area contributed by atoms with Crippen LogP contribution in [0.25, 0.3) is 0 Å². The van der Waals surface area contributed by atoms with E-state index in [0.717, 1.165) is 0 Å². The molecule has 0 unspecified atom stereocenters. The Morgan fingerprint density at radius 3 is 2.13 bits per heavy atom. The third-order valence-corrected chi connectivity index (χ3v) is 4.54. The number of hydrogen-bond acceptors (Lipinski definition) is 10. The van der Waals surface area contributed by atoms with Crippen LogP contribution in [0.4, 0.5) is 0 Å². The second-order valence-corrected chi connectivity index (χ2v) is 6.41. The van der Waals surface area contributed by atoms with Crippen molar-refractivity contribution in [1.29, 1.82) is 0 Å². The fourth-order valence-electron chi connectivity index (χ4n) is 3.06. The summed E-state index contributed by atoms with van der Waals surface area (Å²) in [5.41, 5.74) is 17.4. The van der Waals surface area contributed by atoms with Gasteiger partial charge in [-0.2, -0.15) is 0 Å². The maximum absolute atomic E-state index is 10.1. The van der Waals surface area contributed by atoms with E-state index in [0.29, 0.717) is 0 Å². The first-order valence-electron chi connectivity index (χ1n) is 7.63. The second-order valence-electron chi connectivity index (χ2n) is 6.41. The Bertz CT molecular complexity index is 402. The number of rotatable bonds is 3. The van der Waals surface area contributed by atoms with Crippen LogP contribution in [-0.4, -0.2) is 92.7 Å². The fourth-order valence-corrected chi connectivity index (χ4v) is 3.06. The zero-order valence-corrected chi connectivity index (χ0v) is 12.8. The lowest BCUT2D eigenvalue weighted by Gasteiger charge is -2.46. The van der Waals surface area contributed by atoms with E-state index in [1.54, 1.807) is 0 Å². The van der Waals surface area contributed by atoms with Crippen LogP contribution in [0.5, 0.6) is 0 Å². The third-order valence-electron chi connectivity index (χ3n) is 4.54. The first-order valence-corrected chi connectivity index (χ1v) is 7.63. The summed E-state index contributed by atoms with van der Waals surface area (Å²) < 4.78 is 11.0. The summed E-state index contributed by atoms with van der Waals surface area (Å²) >= 11 is 0. The molecule has 23 heavy (non-hydrogen) atoms. The van der Waals surface area contributed by atoms with Crippen LogP contribution in [0.2, 0.25) is 0 Å². The van der Waals surface area contributed by atoms with E-state index in [2.05, 4.69) is 0 Å². The van der Waals surface area contributed by atoms with E-state index in [1.165, 1.54) is 6.92 Å². The van der Waals surface area contributed by atoms with Gasteiger partial charge in [0.1, 0.15) is 30.5 Å². The van der Waals surface area contributed by atoms with Crippen LogP contribution in [0.1, 0.15) is 13.3 Å². The predicted octanol–water partition coefficient (Wildman–Crippen LogP) is -4.69. The molecule has 0 radical (unpaired) electrons.